The minimum absolute atomic E-state index is 0.0778. The Bertz CT molecular complexity index is 1500. The summed E-state index contributed by atoms with van der Waals surface area (Å²) in [5.74, 6) is -2.33. The van der Waals surface area contributed by atoms with Crippen molar-refractivity contribution in [1.82, 2.24) is 4.57 Å². The number of rotatable bonds is 7. The van der Waals surface area contributed by atoms with Gasteiger partial charge in [0.05, 0.1) is 23.9 Å². The van der Waals surface area contributed by atoms with Crippen molar-refractivity contribution in [3.63, 3.8) is 0 Å². The Morgan fingerprint density at radius 1 is 1.18 bits per heavy atom. The minimum atomic E-state index is -0.985. The molecular weight excluding hydrogens is 537 g/mol. The van der Waals surface area contributed by atoms with Crippen LogP contribution in [-0.4, -0.2) is 34.7 Å². The normalized spacial score (nSPS) is 15.8. The zero-order valence-corrected chi connectivity index (χ0v) is 23.7. The Morgan fingerprint density at radius 2 is 1.90 bits per heavy atom. The van der Waals surface area contributed by atoms with Gasteiger partial charge in [-0.05, 0) is 81.1 Å². The van der Waals surface area contributed by atoms with E-state index in [-0.39, 0.29) is 37.0 Å². The van der Waals surface area contributed by atoms with Crippen molar-refractivity contribution in [2.45, 2.75) is 64.9 Å². The summed E-state index contributed by atoms with van der Waals surface area (Å²) in [5.41, 5.74) is 7.43. The molecule has 2 unspecified atom stereocenters. The van der Waals surface area contributed by atoms with E-state index in [0.717, 1.165) is 22.8 Å². The van der Waals surface area contributed by atoms with Gasteiger partial charge < -0.3 is 25.1 Å². The second kappa shape index (κ2) is 11.9. The minimum Gasteiger partial charge on any atom is -0.376 e. The van der Waals surface area contributed by atoms with Gasteiger partial charge in [0.1, 0.15) is 11.9 Å². The van der Waals surface area contributed by atoms with Gasteiger partial charge in [-0.25, -0.2) is 4.39 Å². The van der Waals surface area contributed by atoms with Crippen LogP contribution < -0.4 is 16.6 Å². The lowest BCUT2D eigenvalue weighted by atomic mass is 9.92. The van der Waals surface area contributed by atoms with Crippen molar-refractivity contribution in [2.75, 3.05) is 11.9 Å². The molecule has 2 amide bonds. The van der Waals surface area contributed by atoms with Crippen LogP contribution in [0.4, 0.5) is 10.1 Å². The third-order valence-corrected chi connectivity index (χ3v) is 6.86. The molecule has 0 aliphatic carbocycles. The molecular formula is C30H33ClFN3O5. The number of carbonyl (C=O) groups excluding carboxylic acids is 2. The van der Waals surface area contributed by atoms with Crippen LogP contribution in [0.5, 0.6) is 0 Å². The van der Waals surface area contributed by atoms with Crippen LogP contribution in [0, 0.1) is 5.82 Å². The van der Waals surface area contributed by atoms with Crippen molar-refractivity contribution in [1.29, 1.82) is 0 Å². The van der Waals surface area contributed by atoms with E-state index in [1.165, 1.54) is 22.8 Å². The molecule has 1 aromatic heterocycles. The van der Waals surface area contributed by atoms with Gasteiger partial charge in [-0.3, -0.25) is 14.4 Å². The molecule has 2 atom stereocenters. The van der Waals surface area contributed by atoms with Crippen molar-refractivity contribution in [3.8, 4) is 11.1 Å². The van der Waals surface area contributed by atoms with Crippen molar-refractivity contribution >= 4 is 29.1 Å². The van der Waals surface area contributed by atoms with Gasteiger partial charge in [0.2, 0.25) is 5.91 Å². The number of hydrogen-bond acceptors (Lipinski definition) is 5. The number of anilines is 1. The largest absolute Gasteiger partial charge is 0.376 e. The van der Waals surface area contributed by atoms with E-state index in [2.05, 4.69) is 5.32 Å². The Kier molecular flexibility index (Phi) is 8.77. The molecule has 212 valence electrons. The topological polar surface area (TPSA) is 113 Å². The summed E-state index contributed by atoms with van der Waals surface area (Å²) in [6, 6.07) is 9.68. The number of amides is 2. The Balaban J connectivity index is 1.74. The highest BCUT2D eigenvalue weighted by Crippen LogP contribution is 2.33. The van der Waals surface area contributed by atoms with E-state index in [1.54, 1.807) is 6.20 Å². The maximum Gasteiger partial charge on any atom is 0.251 e. The summed E-state index contributed by atoms with van der Waals surface area (Å²) in [4.78, 5) is 38.5. The van der Waals surface area contributed by atoms with Crippen LogP contribution in [0.15, 0.2) is 53.5 Å². The summed E-state index contributed by atoms with van der Waals surface area (Å²) in [6.45, 7) is 8.07. The lowest BCUT2D eigenvalue weighted by Gasteiger charge is -2.26. The van der Waals surface area contributed by atoms with E-state index >= 15 is 0 Å². The number of pyridine rings is 1. The van der Waals surface area contributed by atoms with Gasteiger partial charge in [-0.15, -0.1) is 0 Å². The van der Waals surface area contributed by atoms with Gasteiger partial charge in [-0.2, -0.15) is 0 Å². The highest BCUT2D eigenvalue weighted by atomic mass is 35.5. The van der Waals surface area contributed by atoms with Crippen LogP contribution in [0.25, 0.3) is 11.1 Å². The first-order valence-electron chi connectivity index (χ1n) is 13.0. The number of hydrogen-bond donors (Lipinski definition) is 2. The number of benzene rings is 2. The first-order chi connectivity index (χ1) is 18.8. The number of nitrogens with two attached hydrogens (primary N) is 1. The van der Waals surface area contributed by atoms with E-state index in [1.807, 2.05) is 45.9 Å². The SMILES string of the molecule is CC1Cc2ccc(Cl)cc2-c2cc(=O)n(C(CCOC(C)(C)C)C(=O)Nc3ccc(C(N)=O)c(F)c3)cc2CO1. The maximum absolute atomic E-state index is 14.4. The number of aromatic nitrogens is 1. The lowest BCUT2D eigenvalue weighted by Crippen LogP contribution is -2.35. The van der Waals surface area contributed by atoms with Crippen molar-refractivity contribution < 1.29 is 23.5 Å². The Morgan fingerprint density at radius 3 is 2.58 bits per heavy atom. The van der Waals surface area contributed by atoms with Crippen molar-refractivity contribution in [3.05, 3.63) is 86.5 Å². The number of carbonyl (C=O) groups is 2. The average Bonchev–Trinajstić information content (AvgIpc) is 2.85. The molecule has 3 aromatic rings. The quantitative estimate of drug-likeness (QED) is 0.403. The van der Waals surface area contributed by atoms with Crippen LogP contribution in [0.2, 0.25) is 5.02 Å². The number of fused-ring (bicyclic) bond motifs is 3. The molecule has 0 radical (unpaired) electrons. The molecule has 3 N–H and O–H groups in total. The predicted octanol–water partition coefficient (Wildman–Crippen LogP) is 5.25. The molecule has 1 aliphatic rings. The first kappa shape index (κ1) is 29.5. The molecule has 1 aliphatic heterocycles. The van der Waals surface area contributed by atoms with Crippen LogP contribution >= 0.6 is 11.6 Å². The smallest absolute Gasteiger partial charge is 0.251 e. The second-order valence-electron chi connectivity index (χ2n) is 10.9. The molecule has 10 heteroatoms. The Labute approximate surface area is 237 Å². The summed E-state index contributed by atoms with van der Waals surface area (Å²) >= 11 is 6.31. The molecule has 2 aromatic carbocycles. The lowest BCUT2D eigenvalue weighted by molar-refractivity contribution is -0.120. The van der Waals surface area contributed by atoms with E-state index in [0.29, 0.717) is 17.0 Å². The van der Waals surface area contributed by atoms with E-state index < -0.39 is 34.8 Å². The van der Waals surface area contributed by atoms with E-state index in [4.69, 9.17) is 26.8 Å². The summed E-state index contributed by atoms with van der Waals surface area (Å²) in [7, 11) is 0. The number of halogens is 2. The highest BCUT2D eigenvalue weighted by molar-refractivity contribution is 6.30. The fraction of sp³-hybridized carbons (Fsp3) is 0.367. The van der Waals surface area contributed by atoms with Gasteiger partial charge in [-0.1, -0.05) is 17.7 Å². The molecule has 8 nitrogen and oxygen atoms in total. The maximum atomic E-state index is 14.4. The first-order valence-corrected chi connectivity index (χ1v) is 13.4. The van der Waals surface area contributed by atoms with Gasteiger partial charge in [0.15, 0.2) is 0 Å². The van der Waals surface area contributed by atoms with Gasteiger partial charge in [0.25, 0.3) is 11.5 Å². The second-order valence-corrected chi connectivity index (χ2v) is 11.3. The van der Waals surface area contributed by atoms with Crippen LogP contribution in [-0.2, 0) is 27.3 Å². The standard InChI is InChI=1S/C30H33ClFN3O5/c1-17-11-18-5-6-20(31)12-23(18)24-14-27(36)35(15-19(24)16-39-17)26(9-10-40-30(2,3)4)29(38)34-21-7-8-22(28(33)37)25(32)13-21/h5-8,12-15,17,26H,9-11,16H2,1-4H3,(H2,33,37)(H,34,38). The summed E-state index contributed by atoms with van der Waals surface area (Å²) < 4.78 is 27.6. The molecule has 2 heterocycles. The molecule has 0 fully saturated rings. The van der Waals surface area contributed by atoms with Crippen LogP contribution in [0.3, 0.4) is 0 Å². The summed E-state index contributed by atoms with van der Waals surface area (Å²) in [5, 5.41) is 3.21. The molecule has 0 spiro atoms. The number of primary amides is 1. The summed E-state index contributed by atoms with van der Waals surface area (Å²) in [6.07, 6.45) is 2.39. The highest BCUT2D eigenvalue weighted by Gasteiger charge is 2.26. The monoisotopic (exact) mass is 569 g/mol. The molecule has 0 saturated carbocycles. The number of ether oxygens (including phenoxy) is 2. The Hall–Kier alpha value is -3.53. The van der Waals surface area contributed by atoms with E-state index in [9.17, 15) is 18.8 Å². The fourth-order valence-corrected chi connectivity index (χ4v) is 4.84. The molecule has 4 rings (SSSR count). The zero-order valence-electron chi connectivity index (χ0n) is 22.9. The zero-order chi connectivity index (χ0) is 29.2. The number of nitrogens with zero attached hydrogens (tertiary/aromatic N) is 1. The van der Waals surface area contributed by atoms with Crippen LogP contribution in [0.1, 0.15) is 61.6 Å². The molecule has 40 heavy (non-hydrogen) atoms. The average molecular weight is 570 g/mol. The molecule has 0 saturated heterocycles. The van der Waals surface area contributed by atoms with Gasteiger partial charge in [0, 0.05) is 41.6 Å². The number of nitrogens with one attached hydrogen (secondary N) is 1. The molecule has 0 bridgehead atoms. The fourth-order valence-electron chi connectivity index (χ4n) is 4.67. The predicted molar refractivity (Wildman–Crippen MR) is 152 cm³/mol. The third-order valence-electron chi connectivity index (χ3n) is 6.62. The third kappa shape index (κ3) is 6.96. The van der Waals surface area contributed by atoms with Crippen molar-refractivity contribution in [2.24, 2.45) is 5.73 Å². The van der Waals surface area contributed by atoms with Gasteiger partial charge >= 0.3 is 0 Å².